The Labute approximate surface area is 190 Å². The third-order valence-electron chi connectivity index (χ3n) is 5.66. The smallest absolute Gasteiger partial charge is 0.305 e. The molecule has 0 saturated carbocycles. The van der Waals surface area contributed by atoms with E-state index in [0.717, 1.165) is 18.4 Å². The molecule has 4 nitrogen and oxygen atoms in total. The molecule has 0 aromatic heterocycles. The topological polar surface area (TPSA) is 55.4 Å². The summed E-state index contributed by atoms with van der Waals surface area (Å²) in [4.78, 5) is 23.7. The van der Waals surface area contributed by atoms with Crippen LogP contribution in [0.2, 0.25) is 0 Å². The average molecular weight is 432 g/mol. The second-order valence-corrected chi connectivity index (χ2v) is 8.73. The second kappa shape index (κ2) is 18.9. The molecule has 0 saturated heterocycles. The van der Waals surface area contributed by atoms with Gasteiger partial charge in [-0.05, 0) is 25.3 Å². The Morgan fingerprint density at radius 2 is 1.29 bits per heavy atom. The minimum Gasteiger partial charge on any atom is -0.466 e. The lowest BCUT2D eigenvalue weighted by Crippen LogP contribution is -2.22. The van der Waals surface area contributed by atoms with Crippen molar-refractivity contribution in [2.75, 3.05) is 6.61 Å². The fraction of sp³-hybridized carbons (Fsp3) is 0.704. The van der Waals surface area contributed by atoms with Crippen LogP contribution in [-0.4, -0.2) is 18.5 Å². The monoisotopic (exact) mass is 431 g/mol. The SMILES string of the molecule is CCCCCCCCCCCCCCOC(=O)CCCC(=O)NCc1ccc(C)cc1. The van der Waals surface area contributed by atoms with Crippen LogP contribution in [0.4, 0.5) is 0 Å². The number of nitrogens with one attached hydrogen (secondary N) is 1. The Morgan fingerprint density at radius 1 is 0.742 bits per heavy atom. The standard InChI is InChI=1S/C27H45NO3/c1-3-4-5-6-7-8-9-10-11-12-13-14-22-31-27(30)17-15-16-26(29)28-23-25-20-18-24(2)19-21-25/h18-21H,3-17,22-23H2,1-2H3,(H,28,29). The fourth-order valence-electron chi connectivity index (χ4n) is 3.59. The van der Waals surface area contributed by atoms with E-state index in [-0.39, 0.29) is 11.9 Å². The summed E-state index contributed by atoms with van der Waals surface area (Å²) < 4.78 is 5.29. The van der Waals surface area contributed by atoms with Crippen LogP contribution in [0.1, 0.15) is 114 Å². The molecule has 0 bridgehead atoms. The van der Waals surface area contributed by atoms with Gasteiger partial charge in [-0.3, -0.25) is 9.59 Å². The molecule has 1 aromatic rings. The van der Waals surface area contributed by atoms with Crippen molar-refractivity contribution in [1.29, 1.82) is 0 Å². The van der Waals surface area contributed by atoms with Crippen LogP contribution in [-0.2, 0) is 20.9 Å². The molecule has 4 heteroatoms. The molecule has 1 aromatic carbocycles. The molecule has 0 aliphatic heterocycles. The number of esters is 1. The van der Waals surface area contributed by atoms with Crippen molar-refractivity contribution in [3.05, 3.63) is 35.4 Å². The van der Waals surface area contributed by atoms with E-state index in [1.54, 1.807) is 0 Å². The number of rotatable bonds is 19. The summed E-state index contributed by atoms with van der Waals surface area (Å²) in [6, 6.07) is 8.10. The summed E-state index contributed by atoms with van der Waals surface area (Å²) in [5.74, 6) is -0.205. The number of benzene rings is 1. The summed E-state index contributed by atoms with van der Waals surface area (Å²) in [7, 11) is 0. The van der Waals surface area contributed by atoms with E-state index < -0.39 is 0 Å². The Hall–Kier alpha value is -1.84. The van der Waals surface area contributed by atoms with Crippen LogP contribution in [0.15, 0.2) is 24.3 Å². The Balaban J connectivity index is 1.86. The number of aryl methyl sites for hydroxylation is 1. The van der Waals surface area contributed by atoms with E-state index >= 15 is 0 Å². The van der Waals surface area contributed by atoms with Gasteiger partial charge in [-0.15, -0.1) is 0 Å². The van der Waals surface area contributed by atoms with Crippen molar-refractivity contribution >= 4 is 11.9 Å². The first kappa shape index (κ1) is 27.2. The van der Waals surface area contributed by atoms with E-state index in [0.29, 0.717) is 32.4 Å². The van der Waals surface area contributed by atoms with E-state index in [1.165, 1.54) is 69.8 Å². The van der Waals surface area contributed by atoms with Crippen molar-refractivity contribution < 1.29 is 14.3 Å². The van der Waals surface area contributed by atoms with Gasteiger partial charge in [0.15, 0.2) is 0 Å². The Kier molecular flexibility index (Phi) is 16.6. The zero-order valence-electron chi connectivity index (χ0n) is 20.1. The van der Waals surface area contributed by atoms with Gasteiger partial charge in [-0.25, -0.2) is 0 Å². The predicted molar refractivity (Wildman–Crippen MR) is 129 cm³/mol. The van der Waals surface area contributed by atoms with Crippen LogP contribution >= 0.6 is 0 Å². The van der Waals surface area contributed by atoms with E-state index in [9.17, 15) is 9.59 Å². The molecule has 0 unspecified atom stereocenters. The maximum Gasteiger partial charge on any atom is 0.305 e. The van der Waals surface area contributed by atoms with Gasteiger partial charge in [0.1, 0.15) is 0 Å². The number of hydrogen-bond donors (Lipinski definition) is 1. The molecule has 0 aliphatic rings. The predicted octanol–water partition coefficient (Wildman–Crippen LogP) is 7.03. The van der Waals surface area contributed by atoms with Gasteiger partial charge < -0.3 is 10.1 Å². The van der Waals surface area contributed by atoms with Gasteiger partial charge in [0.2, 0.25) is 5.91 Å². The summed E-state index contributed by atoms with van der Waals surface area (Å²) in [5.41, 5.74) is 2.29. The number of ether oxygens (including phenoxy) is 1. The van der Waals surface area contributed by atoms with E-state index in [2.05, 4.69) is 12.2 Å². The van der Waals surface area contributed by atoms with Crippen molar-refractivity contribution in [1.82, 2.24) is 5.32 Å². The van der Waals surface area contributed by atoms with E-state index in [1.807, 2.05) is 31.2 Å². The quantitative estimate of drug-likeness (QED) is 0.189. The molecule has 1 amide bonds. The lowest BCUT2D eigenvalue weighted by Gasteiger charge is -2.07. The molecule has 0 radical (unpaired) electrons. The molecule has 0 aliphatic carbocycles. The normalized spacial score (nSPS) is 10.8. The van der Waals surface area contributed by atoms with Gasteiger partial charge in [0.05, 0.1) is 6.61 Å². The lowest BCUT2D eigenvalue weighted by molar-refractivity contribution is -0.143. The van der Waals surface area contributed by atoms with Crippen molar-refractivity contribution in [3.63, 3.8) is 0 Å². The fourth-order valence-corrected chi connectivity index (χ4v) is 3.59. The first-order valence-electron chi connectivity index (χ1n) is 12.6. The molecule has 0 atom stereocenters. The highest BCUT2D eigenvalue weighted by Gasteiger charge is 2.06. The van der Waals surface area contributed by atoms with Crippen molar-refractivity contribution in [3.8, 4) is 0 Å². The second-order valence-electron chi connectivity index (χ2n) is 8.73. The molecule has 1 rings (SSSR count). The zero-order chi connectivity index (χ0) is 22.6. The lowest BCUT2D eigenvalue weighted by atomic mass is 10.1. The molecular weight excluding hydrogens is 386 g/mol. The molecule has 176 valence electrons. The molecular formula is C27H45NO3. The summed E-state index contributed by atoms with van der Waals surface area (Å²) in [5, 5.41) is 2.90. The molecule has 0 spiro atoms. The average Bonchev–Trinajstić information content (AvgIpc) is 2.76. The van der Waals surface area contributed by atoms with Gasteiger partial charge in [-0.2, -0.15) is 0 Å². The van der Waals surface area contributed by atoms with Crippen LogP contribution in [0.25, 0.3) is 0 Å². The first-order valence-corrected chi connectivity index (χ1v) is 12.6. The van der Waals surface area contributed by atoms with Crippen molar-refractivity contribution in [2.24, 2.45) is 0 Å². The zero-order valence-corrected chi connectivity index (χ0v) is 20.1. The first-order chi connectivity index (χ1) is 15.1. The highest BCUT2D eigenvalue weighted by Crippen LogP contribution is 2.12. The third kappa shape index (κ3) is 16.5. The summed E-state index contributed by atoms with van der Waals surface area (Å²) in [6.45, 7) is 5.34. The number of carbonyl (C=O) groups excluding carboxylic acids is 2. The number of unbranched alkanes of at least 4 members (excludes halogenated alkanes) is 11. The van der Waals surface area contributed by atoms with Gasteiger partial charge in [0.25, 0.3) is 0 Å². The highest BCUT2D eigenvalue weighted by molar-refractivity contribution is 5.77. The Morgan fingerprint density at radius 3 is 1.87 bits per heavy atom. The molecule has 31 heavy (non-hydrogen) atoms. The molecule has 0 fully saturated rings. The van der Waals surface area contributed by atoms with Crippen LogP contribution in [0, 0.1) is 6.92 Å². The maximum atomic E-state index is 11.9. The highest BCUT2D eigenvalue weighted by atomic mass is 16.5. The minimum atomic E-state index is -0.186. The van der Waals surface area contributed by atoms with Gasteiger partial charge >= 0.3 is 5.97 Å². The third-order valence-corrected chi connectivity index (χ3v) is 5.66. The summed E-state index contributed by atoms with van der Waals surface area (Å²) >= 11 is 0. The number of amides is 1. The summed E-state index contributed by atoms with van der Waals surface area (Å²) in [6.07, 6.45) is 16.8. The van der Waals surface area contributed by atoms with Crippen molar-refractivity contribution in [2.45, 2.75) is 117 Å². The maximum absolute atomic E-state index is 11.9. The van der Waals surface area contributed by atoms with E-state index in [4.69, 9.17) is 4.74 Å². The van der Waals surface area contributed by atoms with Gasteiger partial charge in [-0.1, -0.05) is 107 Å². The van der Waals surface area contributed by atoms with Crippen LogP contribution in [0.3, 0.4) is 0 Å². The molecule has 0 heterocycles. The van der Waals surface area contributed by atoms with Crippen LogP contribution < -0.4 is 5.32 Å². The largest absolute Gasteiger partial charge is 0.466 e. The number of hydrogen-bond acceptors (Lipinski definition) is 3. The molecule has 1 N–H and O–H groups in total. The van der Waals surface area contributed by atoms with Gasteiger partial charge in [0, 0.05) is 19.4 Å². The number of carbonyl (C=O) groups is 2. The minimum absolute atomic E-state index is 0.0191. The van der Waals surface area contributed by atoms with Crippen LogP contribution in [0.5, 0.6) is 0 Å². The Bertz CT molecular complexity index is 583.